The fourth-order valence-electron chi connectivity index (χ4n) is 0.706. The fourth-order valence-corrected chi connectivity index (χ4v) is 1.61. The second kappa shape index (κ2) is 3.48. The predicted octanol–water partition coefficient (Wildman–Crippen LogP) is 1.51. The van der Waals surface area contributed by atoms with Crippen molar-refractivity contribution in [2.45, 2.75) is 6.42 Å². The largest absolute Gasteiger partial charge is 0.251 e. The Bertz CT molecular complexity index is 201. The maximum Gasteiger partial charge on any atom is 0.151 e. The van der Waals surface area contributed by atoms with Gasteiger partial charge in [0.1, 0.15) is 0 Å². The standard InChI is InChI=1S/C5H7Br2N3/c1-10-4(2-3-6)5(7)8-9-10/h2-3H2,1H3. The van der Waals surface area contributed by atoms with E-state index in [1.807, 2.05) is 7.05 Å². The molecule has 0 saturated carbocycles. The van der Waals surface area contributed by atoms with Gasteiger partial charge in [-0.2, -0.15) is 0 Å². The fraction of sp³-hybridized carbons (Fsp3) is 0.600. The minimum absolute atomic E-state index is 0.842. The van der Waals surface area contributed by atoms with Gasteiger partial charge in [0.25, 0.3) is 0 Å². The van der Waals surface area contributed by atoms with Gasteiger partial charge in [0.2, 0.25) is 0 Å². The van der Waals surface area contributed by atoms with E-state index < -0.39 is 0 Å². The molecule has 0 bridgehead atoms. The Morgan fingerprint density at radius 1 is 1.60 bits per heavy atom. The Morgan fingerprint density at radius 2 is 2.30 bits per heavy atom. The molecule has 1 rings (SSSR count). The van der Waals surface area contributed by atoms with Crippen LogP contribution in [0.1, 0.15) is 5.69 Å². The maximum atomic E-state index is 3.84. The van der Waals surface area contributed by atoms with Gasteiger partial charge in [-0.15, -0.1) is 5.10 Å². The molecule has 0 aliphatic heterocycles. The van der Waals surface area contributed by atoms with Gasteiger partial charge in [0.05, 0.1) is 5.69 Å². The van der Waals surface area contributed by atoms with Gasteiger partial charge in [-0.25, -0.2) is 0 Å². The van der Waals surface area contributed by atoms with Gasteiger partial charge in [-0.05, 0) is 15.9 Å². The molecule has 0 aliphatic carbocycles. The van der Waals surface area contributed by atoms with E-state index in [1.165, 1.54) is 0 Å². The van der Waals surface area contributed by atoms with E-state index >= 15 is 0 Å². The van der Waals surface area contributed by atoms with Crippen molar-refractivity contribution in [1.29, 1.82) is 0 Å². The van der Waals surface area contributed by atoms with E-state index in [2.05, 4.69) is 42.2 Å². The molecule has 0 radical (unpaired) electrons. The molecule has 56 valence electrons. The highest BCUT2D eigenvalue weighted by Crippen LogP contribution is 2.12. The first kappa shape index (κ1) is 8.20. The summed E-state index contributed by atoms with van der Waals surface area (Å²) in [5.41, 5.74) is 1.12. The number of hydrogen-bond acceptors (Lipinski definition) is 2. The number of aryl methyl sites for hydroxylation is 1. The van der Waals surface area contributed by atoms with Crippen LogP contribution in [-0.4, -0.2) is 20.3 Å². The van der Waals surface area contributed by atoms with Crippen molar-refractivity contribution in [3.63, 3.8) is 0 Å². The average Bonchev–Trinajstić information content (AvgIpc) is 2.20. The van der Waals surface area contributed by atoms with Crippen LogP contribution in [0, 0.1) is 0 Å². The summed E-state index contributed by atoms with van der Waals surface area (Å²) in [7, 11) is 1.88. The van der Waals surface area contributed by atoms with Gasteiger partial charge < -0.3 is 0 Å². The van der Waals surface area contributed by atoms with Crippen molar-refractivity contribution in [3.05, 3.63) is 10.3 Å². The van der Waals surface area contributed by atoms with Gasteiger partial charge in [0.15, 0.2) is 4.60 Å². The number of alkyl halides is 1. The molecule has 5 heteroatoms. The second-order valence-corrected chi connectivity index (χ2v) is 3.43. The zero-order valence-electron chi connectivity index (χ0n) is 5.51. The third kappa shape index (κ3) is 1.58. The number of nitrogens with zero attached hydrogens (tertiary/aromatic N) is 3. The van der Waals surface area contributed by atoms with Crippen LogP contribution in [0.25, 0.3) is 0 Å². The molecule has 0 aliphatic rings. The van der Waals surface area contributed by atoms with E-state index in [0.29, 0.717) is 0 Å². The molecule has 3 nitrogen and oxygen atoms in total. The second-order valence-electron chi connectivity index (χ2n) is 1.89. The average molecular weight is 269 g/mol. The lowest BCUT2D eigenvalue weighted by molar-refractivity contribution is 0.683. The van der Waals surface area contributed by atoms with Gasteiger partial charge in [-0.1, -0.05) is 21.1 Å². The first-order valence-electron chi connectivity index (χ1n) is 2.85. The summed E-state index contributed by atoms with van der Waals surface area (Å²) in [6.07, 6.45) is 0.948. The quantitative estimate of drug-likeness (QED) is 0.762. The first-order chi connectivity index (χ1) is 4.75. The van der Waals surface area contributed by atoms with Crippen LogP contribution in [0.2, 0.25) is 0 Å². The summed E-state index contributed by atoms with van der Waals surface area (Å²) >= 11 is 6.65. The van der Waals surface area contributed by atoms with E-state index in [1.54, 1.807) is 4.68 Å². The van der Waals surface area contributed by atoms with E-state index in [4.69, 9.17) is 0 Å². The van der Waals surface area contributed by atoms with Gasteiger partial charge in [-0.3, -0.25) is 4.68 Å². The van der Waals surface area contributed by atoms with Crippen LogP contribution in [-0.2, 0) is 13.5 Å². The smallest absolute Gasteiger partial charge is 0.151 e. The summed E-state index contributed by atoms with van der Waals surface area (Å²) in [5.74, 6) is 0. The summed E-state index contributed by atoms with van der Waals surface area (Å²) in [5, 5.41) is 8.61. The van der Waals surface area contributed by atoms with Crippen molar-refractivity contribution in [2.24, 2.45) is 7.05 Å². The first-order valence-corrected chi connectivity index (χ1v) is 4.77. The van der Waals surface area contributed by atoms with E-state index in [-0.39, 0.29) is 0 Å². The molecule has 1 aromatic rings. The zero-order chi connectivity index (χ0) is 7.56. The molecular weight excluding hydrogens is 262 g/mol. The van der Waals surface area contributed by atoms with E-state index in [0.717, 1.165) is 22.0 Å². The van der Waals surface area contributed by atoms with Crippen molar-refractivity contribution >= 4 is 31.9 Å². The van der Waals surface area contributed by atoms with Gasteiger partial charge in [0, 0.05) is 18.8 Å². The minimum Gasteiger partial charge on any atom is -0.251 e. The Labute approximate surface area is 76.1 Å². The summed E-state index contributed by atoms with van der Waals surface area (Å²) in [6.45, 7) is 0. The highest BCUT2D eigenvalue weighted by atomic mass is 79.9. The van der Waals surface area contributed by atoms with Crippen LogP contribution < -0.4 is 0 Å². The van der Waals surface area contributed by atoms with Crippen molar-refractivity contribution in [3.8, 4) is 0 Å². The summed E-state index contributed by atoms with van der Waals surface area (Å²) in [6, 6.07) is 0. The lowest BCUT2D eigenvalue weighted by Crippen LogP contribution is -1.98. The van der Waals surface area contributed by atoms with Crippen LogP contribution in [0.5, 0.6) is 0 Å². The SMILES string of the molecule is Cn1nnc(Br)c1CCBr. The Morgan fingerprint density at radius 3 is 2.70 bits per heavy atom. The Balaban J connectivity index is 2.87. The molecule has 0 fully saturated rings. The van der Waals surface area contributed by atoms with Crippen molar-refractivity contribution in [1.82, 2.24) is 15.0 Å². The topological polar surface area (TPSA) is 30.7 Å². The van der Waals surface area contributed by atoms with Crippen LogP contribution in [0.15, 0.2) is 4.60 Å². The highest BCUT2D eigenvalue weighted by molar-refractivity contribution is 9.10. The summed E-state index contributed by atoms with van der Waals surface area (Å²) < 4.78 is 2.61. The summed E-state index contributed by atoms with van der Waals surface area (Å²) in [4.78, 5) is 0. The third-order valence-corrected chi connectivity index (χ3v) is 2.24. The van der Waals surface area contributed by atoms with Gasteiger partial charge >= 0.3 is 0 Å². The molecule has 0 saturated heterocycles. The third-order valence-electron chi connectivity index (χ3n) is 1.23. The molecule has 0 amide bonds. The normalized spacial score (nSPS) is 10.3. The van der Waals surface area contributed by atoms with Crippen molar-refractivity contribution < 1.29 is 0 Å². The Kier molecular flexibility index (Phi) is 2.85. The number of hydrogen-bond donors (Lipinski definition) is 0. The molecule has 0 aromatic carbocycles. The Hall–Kier alpha value is 0.1000. The lowest BCUT2D eigenvalue weighted by Gasteiger charge is -1.95. The molecule has 0 atom stereocenters. The highest BCUT2D eigenvalue weighted by Gasteiger charge is 2.04. The van der Waals surface area contributed by atoms with E-state index in [9.17, 15) is 0 Å². The number of aromatic nitrogens is 3. The molecule has 10 heavy (non-hydrogen) atoms. The molecule has 0 spiro atoms. The van der Waals surface area contributed by atoms with Crippen molar-refractivity contribution in [2.75, 3.05) is 5.33 Å². The molecule has 0 unspecified atom stereocenters. The molecule has 0 N–H and O–H groups in total. The van der Waals surface area contributed by atoms with Crippen LogP contribution >= 0.6 is 31.9 Å². The molecule has 1 aromatic heterocycles. The lowest BCUT2D eigenvalue weighted by atomic mass is 10.4. The predicted molar refractivity (Wildman–Crippen MR) is 46.2 cm³/mol. The maximum absolute atomic E-state index is 3.84. The van der Waals surface area contributed by atoms with Crippen LogP contribution in [0.3, 0.4) is 0 Å². The minimum atomic E-state index is 0.842. The monoisotopic (exact) mass is 267 g/mol. The molecule has 1 heterocycles. The molecular formula is C5H7Br2N3. The van der Waals surface area contributed by atoms with Crippen LogP contribution in [0.4, 0.5) is 0 Å². The zero-order valence-corrected chi connectivity index (χ0v) is 8.68. The number of halogens is 2. The number of rotatable bonds is 2.